The smallest absolute Gasteiger partial charge is 0.0821 e. The SMILES string of the molecule is CCN(CCC(O)c1ccc(Br)cc1Cl)c1ccccc1. The second-order valence-corrected chi connectivity index (χ2v) is 6.21. The number of aliphatic hydroxyl groups is 1. The molecule has 1 unspecified atom stereocenters. The monoisotopic (exact) mass is 367 g/mol. The van der Waals surface area contributed by atoms with Gasteiger partial charge in [-0.3, -0.25) is 0 Å². The minimum Gasteiger partial charge on any atom is -0.388 e. The van der Waals surface area contributed by atoms with Crippen molar-refractivity contribution >= 4 is 33.2 Å². The average Bonchev–Trinajstić information content (AvgIpc) is 2.48. The molecule has 21 heavy (non-hydrogen) atoms. The molecule has 4 heteroatoms. The summed E-state index contributed by atoms with van der Waals surface area (Å²) in [7, 11) is 0. The summed E-state index contributed by atoms with van der Waals surface area (Å²) < 4.78 is 0.919. The minimum absolute atomic E-state index is 0.552. The topological polar surface area (TPSA) is 23.5 Å². The van der Waals surface area contributed by atoms with Crippen molar-refractivity contribution in [3.8, 4) is 0 Å². The van der Waals surface area contributed by atoms with E-state index in [9.17, 15) is 5.11 Å². The molecule has 112 valence electrons. The molecule has 0 aliphatic heterocycles. The zero-order valence-corrected chi connectivity index (χ0v) is 14.3. The Morgan fingerprint density at radius 1 is 1.19 bits per heavy atom. The van der Waals surface area contributed by atoms with Crippen LogP contribution in [0.3, 0.4) is 0 Å². The van der Waals surface area contributed by atoms with Crippen LogP contribution in [-0.4, -0.2) is 18.2 Å². The maximum Gasteiger partial charge on any atom is 0.0821 e. The summed E-state index contributed by atoms with van der Waals surface area (Å²) in [5.41, 5.74) is 1.96. The number of aliphatic hydroxyl groups excluding tert-OH is 1. The van der Waals surface area contributed by atoms with Gasteiger partial charge in [-0.25, -0.2) is 0 Å². The van der Waals surface area contributed by atoms with Gasteiger partial charge in [0.2, 0.25) is 0 Å². The van der Waals surface area contributed by atoms with Gasteiger partial charge in [-0.2, -0.15) is 0 Å². The van der Waals surface area contributed by atoms with E-state index in [0.29, 0.717) is 11.4 Å². The van der Waals surface area contributed by atoms with Crippen molar-refractivity contribution in [1.29, 1.82) is 0 Å². The third-order valence-corrected chi connectivity index (χ3v) is 4.32. The van der Waals surface area contributed by atoms with Crippen LogP contribution in [0.5, 0.6) is 0 Å². The maximum atomic E-state index is 10.4. The molecule has 2 aromatic rings. The molecule has 0 aliphatic carbocycles. The first-order valence-corrected chi connectivity index (χ1v) is 8.22. The third kappa shape index (κ3) is 4.47. The molecule has 0 fully saturated rings. The third-order valence-electron chi connectivity index (χ3n) is 3.50. The highest BCUT2D eigenvalue weighted by molar-refractivity contribution is 9.10. The molecule has 1 atom stereocenters. The van der Waals surface area contributed by atoms with E-state index in [2.05, 4.69) is 39.9 Å². The Morgan fingerprint density at radius 2 is 1.90 bits per heavy atom. The normalized spacial score (nSPS) is 12.2. The Balaban J connectivity index is 2.01. The largest absolute Gasteiger partial charge is 0.388 e. The van der Waals surface area contributed by atoms with Crippen LogP contribution in [0.4, 0.5) is 5.69 Å². The number of halogens is 2. The van der Waals surface area contributed by atoms with E-state index >= 15 is 0 Å². The quantitative estimate of drug-likeness (QED) is 0.771. The van der Waals surface area contributed by atoms with Crippen LogP contribution < -0.4 is 4.90 Å². The van der Waals surface area contributed by atoms with Gasteiger partial charge in [0, 0.05) is 28.3 Å². The van der Waals surface area contributed by atoms with E-state index in [1.165, 1.54) is 5.69 Å². The molecule has 0 amide bonds. The molecule has 2 rings (SSSR count). The van der Waals surface area contributed by atoms with E-state index in [-0.39, 0.29) is 0 Å². The van der Waals surface area contributed by atoms with Gasteiger partial charge in [-0.1, -0.05) is 51.8 Å². The van der Waals surface area contributed by atoms with E-state index in [1.54, 1.807) is 0 Å². The summed E-state index contributed by atoms with van der Waals surface area (Å²) >= 11 is 9.56. The zero-order valence-electron chi connectivity index (χ0n) is 12.0. The standard InChI is InChI=1S/C17H19BrClNO/c1-2-20(14-6-4-3-5-7-14)11-10-17(21)15-9-8-13(18)12-16(15)19/h3-9,12,17,21H,2,10-11H2,1H3. The van der Waals surface area contributed by atoms with Crippen LogP contribution >= 0.6 is 27.5 Å². The van der Waals surface area contributed by atoms with Gasteiger partial charge < -0.3 is 10.0 Å². The fourth-order valence-electron chi connectivity index (χ4n) is 2.31. The molecular formula is C17H19BrClNO. The number of nitrogens with zero attached hydrogens (tertiary/aromatic N) is 1. The van der Waals surface area contributed by atoms with Crippen molar-refractivity contribution in [2.24, 2.45) is 0 Å². The lowest BCUT2D eigenvalue weighted by molar-refractivity contribution is 0.169. The van der Waals surface area contributed by atoms with Gasteiger partial charge in [0.15, 0.2) is 0 Å². The average molecular weight is 369 g/mol. The summed E-state index contributed by atoms with van der Waals surface area (Å²) in [6, 6.07) is 15.8. The number of hydrogen-bond donors (Lipinski definition) is 1. The van der Waals surface area contributed by atoms with Crippen LogP contribution in [0.25, 0.3) is 0 Å². The predicted molar refractivity (Wildman–Crippen MR) is 93.1 cm³/mol. The molecule has 0 bridgehead atoms. The molecule has 0 heterocycles. The lowest BCUT2D eigenvalue weighted by Crippen LogP contribution is -2.25. The molecule has 1 N–H and O–H groups in total. The molecule has 0 saturated heterocycles. The number of para-hydroxylation sites is 1. The maximum absolute atomic E-state index is 10.4. The second kappa shape index (κ2) is 7.83. The van der Waals surface area contributed by atoms with Gasteiger partial charge in [0.05, 0.1) is 6.10 Å². The van der Waals surface area contributed by atoms with Crippen LogP contribution in [0.2, 0.25) is 5.02 Å². The predicted octanol–water partition coefficient (Wildman–Crippen LogP) is 5.05. The molecule has 0 aromatic heterocycles. The zero-order chi connectivity index (χ0) is 15.2. The highest BCUT2D eigenvalue weighted by Gasteiger charge is 2.13. The fraction of sp³-hybridized carbons (Fsp3) is 0.294. The number of benzene rings is 2. The van der Waals surface area contributed by atoms with Gasteiger partial charge in [-0.05, 0) is 43.2 Å². The lowest BCUT2D eigenvalue weighted by Gasteiger charge is -2.24. The molecule has 0 saturated carbocycles. The first-order valence-electron chi connectivity index (χ1n) is 7.04. The highest BCUT2D eigenvalue weighted by Crippen LogP contribution is 2.28. The van der Waals surface area contributed by atoms with Gasteiger partial charge in [-0.15, -0.1) is 0 Å². The Bertz CT molecular complexity index is 576. The number of hydrogen-bond acceptors (Lipinski definition) is 2. The number of anilines is 1. The molecule has 0 spiro atoms. The minimum atomic E-state index is -0.552. The van der Waals surface area contributed by atoms with Gasteiger partial charge in [0.25, 0.3) is 0 Å². The van der Waals surface area contributed by atoms with Crippen LogP contribution in [0.1, 0.15) is 25.0 Å². The van der Waals surface area contributed by atoms with Crippen molar-refractivity contribution in [2.45, 2.75) is 19.4 Å². The first-order chi connectivity index (χ1) is 10.1. The van der Waals surface area contributed by atoms with Crippen LogP contribution in [-0.2, 0) is 0 Å². The van der Waals surface area contributed by atoms with E-state index in [1.807, 2.05) is 36.4 Å². The van der Waals surface area contributed by atoms with Crippen molar-refractivity contribution in [1.82, 2.24) is 0 Å². The summed E-state index contributed by atoms with van der Waals surface area (Å²) in [4.78, 5) is 2.25. The Kier molecular flexibility index (Phi) is 6.09. The van der Waals surface area contributed by atoms with Gasteiger partial charge in [0.1, 0.15) is 0 Å². The second-order valence-electron chi connectivity index (χ2n) is 4.89. The summed E-state index contributed by atoms with van der Waals surface area (Å²) in [6.07, 6.45) is 0.0905. The summed E-state index contributed by atoms with van der Waals surface area (Å²) in [6.45, 7) is 3.81. The van der Waals surface area contributed by atoms with Crippen LogP contribution in [0, 0.1) is 0 Å². The molecule has 2 nitrogen and oxygen atoms in total. The van der Waals surface area contributed by atoms with Crippen molar-refractivity contribution in [3.05, 3.63) is 63.6 Å². The van der Waals surface area contributed by atoms with Crippen molar-refractivity contribution < 1.29 is 5.11 Å². The summed E-state index contributed by atoms with van der Waals surface area (Å²) in [5.74, 6) is 0. The van der Waals surface area contributed by atoms with E-state index in [4.69, 9.17) is 11.6 Å². The van der Waals surface area contributed by atoms with Crippen LogP contribution in [0.15, 0.2) is 53.0 Å². The Labute approximate surface area is 139 Å². The molecular weight excluding hydrogens is 350 g/mol. The Morgan fingerprint density at radius 3 is 2.52 bits per heavy atom. The lowest BCUT2D eigenvalue weighted by atomic mass is 10.1. The Hall–Kier alpha value is -1.03. The fourth-order valence-corrected chi connectivity index (χ4v) is 3.11. The van der Waals surface area contributed by atoms with Crippen molar-refractivity contribution in [2.75, 3.05) is 18.0 Å². The van der Waals surface area contributed by atoms with Gasteiger partial charge >= 0.3 is 0 Å². The first kappa shape index (κ1) is 16.3. The van der Waals surface area contributed by atoms with Crippen molar-refractivity contribution in [3.63, 3.8) is 0 Å². The molecule has 0 radical (unpaired) electrons. The van der Waals surface area contributed by atoms with E-state index < -0.39 is 6.10 Å². The molecule has 2 aromatic carbocycles. The highest BCUT2D eigenvalue weighted by atomic mass is 79.9. The number of rotatable bonds is 6. The van der Waals surface area contributed by atoms with E-state index in [0.717, 1.165) is 23.1 Å². The molecule has 0 aliphatic rings. The summed E-state index contributed by atoms with van der Waals surface area (Å²) in [5, 5.41) is 11.0.